The highest BCUT2D eigenvalue weighted by atomic mass is 16.3. The average molecular weight is 289 g/mol. The average Bonchev–Trinajstić information content (AvgIpc) is 2.43. The molecule has 0 radical (unpaired) electrons. The second-order valence-corrected chi connectivity index (χ2v) is 5.73. The number of aliphatic hydroxyl groups excluding tert-OH is 2. The number of rotatable bonds is 13. The fourth-order valence-corrected chi connectivity index (χ4v) is 2.29. The van der Waals surface area contributed by atoms with Gasteiger partial charge < -0.3 is 10.2 Å². The van der Waals surface area contributed by atoms with Crippen LogP contribution in [0.2, 0.25) is 0 Å². The summed E-state index contributed by atoms with van der Waals surface area (Å²) in [6.07, 6.45) is 16.6. The Bertz CT molecular complexity index is 148. The van der Waals surface area contributed by atoms with Crippen LogP contribution in [0.4, 0.5) is 0 Å². The molecule has 20 heavy (non-hydrogen) atoms. The van der Waals surface area contributed by atoms with Crippen LogP contribution < -0.4 is 0 Å². The van der Waals surface area contributed by atoms with Crippen LogP contribution >= 0.6 is 0 Å². The fraction of sp³-hybridized carbons (Fsp3) is 1.00. The van der Waals surface area contributed by atoms with Gasteiger partial charge in [0, 0.05) is 6.61 Å². The van der Waals surface area contributed by atoms with Crippen LogP contribution in [0.15, 0.2) is 0 Å². The number of hydrogen-bond acceptors (Lipinski definition) is 2. The molecule has 0 aliphatic heterocycles. The zero-order chi connectivity index (χ0) is 15.5. The van der Waals surface area contributed by atoms with Gasteiger partial charge in [-0.2, -0.15) is 0 Å². The van der Waals surface area contributed by atoms with Crippen molar-refractivity contribution in [3.63, 3.8) is 0 Å². The monoisotopic (exact) mass is 288 g/mol. The first-order valence-corrected chi connectivity index (χ1v) is 9.01. The molecule has 0 amide bonds. The second kappa shape index (κ2) is 21.2. The van der Waals surface area contributed by atoms with Crippen molar-refractivity contribution in [1.82, 2.24) is 0 Å². The lowest BCUT2D eigenvalue weighted by Crippen LogP contribution is -2.05. The van der Waals surface area contributed by atoms with Gasteiger partial charge in [-0.25, -0.2) is 0 Å². The molecule has 0 saturated carbocycles. The summed E-state index contributed by atoms with van der Waals surface area (Å²) < 4.78 is 0. The Labute approximate surface area is 128 Å². The Morgan fingerprint density at radius 2 is 0.900 bits per heavy atom. The van der Waals surface area contributed by atoms with Gasteiger partial charge in [0.1, 0.15) is 0 Å². The Morgan fingerprint density at radius 3 is 1.30 bits per heavy atom. The van der Waals surface area contributed by atoms with E-state index in [4.69, 9.17) is 5.11 Å². The molecule has 0 aromatic heterocycles. The SMILES string of the molecule is CCCCCCCCCC(O)CCCCCC.CCO. The highest BCUT2D eigenvalue weighted by Gasteiger charge is 2.03. The molecule has 0 fully saturated rings. The number of aliphatic hydroxyl groups is 2. The van der Waals surface area contributed by atoms with Gasteiger partial charge in [-0.3, -0.25) is 0 Å². The molecule has 0 saturated heterocycles. The van der Waals surface area contributed by atoms with E-state index in [1.54, 1.807) is 6.92 Å². The van der Waals surface area contributed by atoms with Crippen molar-refractivity contribution in [2.45, 2.75) is 110 Å². The molecule has 1 atom stereocenters. The maximum Gasteiger partial charge on any atom is 0.0540 e. The van der Waals surface area contributed by atoms with E-state index in [0.29, 0.717) is 0 Å². The fourth-order valence-electron chi connectivity index (χ4n) is 2.29. The summed E-state index contributed by atoms with van der Waals surface area (Å²) in [6, 6.07) is 0. The van der Waals surface area contributed by atoms with Crippen LogP contribution in [0.1, 0.15) is 104 Å². The van der Waals surface area contributed by atoms with Gasteiger partial charge in [-0.15, -0.1) is 0 Å². The molecule has 0 heterocycles. The predicted molar refractivity (Wildman–Crippen MR) is 90.1 cm³/mol. The van der Waals surface area contributed by atoms with E-state index in [0.717, 1.165) is 12.8 Å². The van der Waals surface area contributed by atoms with E-state index in [2.05, 4.69) is 13.8 Å². The van der Waals surface area contributed by atoms with Gasteiger partial charge in [0.2, 0.25) is 0 Å². The molecular weight excluding hydrogens is 248 g/mol. The van der Waals surface area contributed by atoms with E-state index >= 15 is 0 Å². The van der Waals surface area contributed by atoms with Gasteiger partial charge >= 0.3 is 0 Å². The minimum Gasteiger partial charge on any atom is -0.397 e. The molecule has 2 N–H and O–H groups in total. The van der Waals surface area contributed by atoms with Gasteiger partial charge in [-0.1, -0.05) is 84.5 Å². The zero-order valence-electron chi connectivity index (χ0n) is 14.4. The van der Waals surface area contributed by atoms with Gasteiger partial charge in [0.05, 0.1) is 6.10 Å². The third-order valence-electron chi connectivity index (χ3n) is 3.53. The molecule has 0 bridgehead atoms. The molecule has 0 spiro atoms. The van der Waals surface area contributed by atoms with Crippen molar-refractivity contribution in [3.8, 4) is 0 Å². The minimum absolute atomic E-state index is 0.0255. The summed E-state index contributed by atoms with van der Waals surface area (Å²) in [5.41, 5.74) is 0. The van der Waals surface area contributed by atoms with E-state index in [1.165, 1.54) is 70.6 Å². The standard InChI is InChI=1S/C16H34O.C2H6O/c1-3-5-7-9-10-11-13-15-16(17)14-12-8-6-4-2;1-2-3/h16-17H,3-15H2,1-2H3;3H,2H2,1H3. The normalized spacial score (nSPS) is 11.8. The third-order valence-corrected chi connectivity index (χ3v) is 3.53. The molecule has 0 rings (SSSR count). The van der Waals surface area contributed by atoms with Crippen molar-refractivity contribution in [2.75, 3.05) is 6.61 Å². The predicted octanol–water partition coefficient (Wildman–Crippen LogP) is 5.46. The topological polar surface area (TPSA) is 40.5 Å². The van der Waals surface area contributed by atoms with Gasteiger partial charge in [0.15, 0.2) is 0 Å². The molecule has 124 valence electrons. The first-order chi connectivity index (χ1) is 9.72. The quantitative estimate of drug-likeness (QED) is 0.442. The van der Waals surface area contributed by atoms with Crippen molar-refractivity contribution >= 4 is 0 Å². The highest BCUT2D eigenvalue weighted by Crippen LogP contribution is 2.13. The minimum atomic E-state index is -0.0255. The van der Waals surface area contributed by atoms with Crippen LogP contribution in [-0.4, -0.2) is 22.9 Å². The summed E-state index contributed by atoms with van der Waals surface area (Å²) in [5, 5.41) is 17.4. The molecule has 2 heteroatoms. The lowest BCUT2D eigenvalue weighted by Gasteiger charge is -2.09. The smallest absolute Gasteiger partial charge is 0.0540 e. The lowest BCUT2D eigenvalue weighted by molar-refractivity contribution is 0.147. The van der Waals surface area contributed by atoms with Crippen LogP contribution in [0.5, 0.6) is 0 Å². The summed E-state index contributed by atoms with van der Waals surface area (Å²) in [7, 11) is 0. The van der Waals surface area contributed by atoms with Gasteiger partial charge in [0.25, 0.3) is 0 Å². The maximum absolute atomic E-state index is 9.79. The van der Waals surface area contributed by atoms with Crippen LogP contribution in [0.3, 0.4) is 0 Å². The molecule has 0 aromatic carbocycles. The summed E-state index contributed by atoms with van der Waals surface area (Å²) in [5.74, 6) is 0. The lowest BCUT2D eigenvalue weighted by atomic mass is 10.0. The second-order valence-electron chi connectivity index (χ2n) is 5.73. The summed E-state index contributed by atoms with van der Waals surface area (Å²) in [4.78, 5) is 0. The van der Waals surface area contributed by atoms with Crippen molar-refractivity contribution in [3.05, 3.63) is 0 Å². The summed E-state index contributed by atoms with van der Waals surface area (Å²) >= 11 is 0. The maximum atomic E-state index is 9.79. The van der Waals surface area contributed by atoms with E-state index in [1.807, 2.05) is 0 Å². The molecular formula is C18H40O2. The largest absolute Gasteiger partial charge is 0.397 e. The molecule has 0 aliphatic carbocycles. The molecule has 0 aliphatic rings. The number of hydrogen-bond donors (Lipinski definition) is 2. The first-order valence-electron chi connectivity index (χ1n) is 9.01. The molecule has 1 unspecified atom stereocenters. The Morgan fingerprint density at radius 1 is 0.600 bits per heavy atom. The van der Waals surface area contributed by atoms with Crippen molar-refractivity contribution in [2.24, 2.45) is 0 Å². The van der Waals surface area contributed by atoms with E-state index < -0.39 is 0 Å². The zero-order valence-corrected chi connectivity index (χ0v) is 14.4. The summed E-state index contributed by atoms with van der Waals surface area (Å²) in [6.45, 7) is 6.42. The molecule has 2 nitrogen and oxygen atoms in total. The first kappa shape index (κ1) is 22.2. The Kier molecular flexibility index (Phi) is 23.6. The number of unbranched alkanes of at least 4 members (excludes halogenated alkanes) is 9. The molecule has 0 aromatic rings. The van der Waals surface area contributed by atoms with E-state index in [9.17, 15) is 5.11 Å². The van der Waals surface area contributed by atoms with Gasteiger partial charge in [-0.05, 0) is 19.8 Å². The third kappa shape index (κ3) is 23.0. The van der Waals surface area contributed by atoms with E-state index in [-0.39, 0.29) is 12.7 Å². The van der Waals surface area contributed by atoms with Crippen molar-refractivity contribution < 1.29 is 10.2 Å². The van der Waals surface area contributed by atoms with Crippen LogP contribution in [0, 0.1) is 0 Å². The van der Waals surface area contributed by atoms with Crippen LogP contribution in [-0.2, 0) is 0 Å². The highest BCUT2D eigenvalue weighted by molar-refractivity contribution is 4.57. The Balaban J connectivity index is 0. The van der Waals surface area contributed by atoms with Crippen LogP contribution in [0.25, 0.3) is 0 Å². The Hall–Kier alpha value is -0.0800. The van der Waals surface area contributed by atoms with Crippen molar-refractivity contribution in [1.29, 1.82) is 0 Å².